The monoisotopic (exact) mass is 341 g/mol. The molecule has 0 saturated heterocycles. The maximum absolute atomic E-state index is 5.86. The first-order chi connectivity index (χ1) is 11.4. The van der Waals surface area contributed by atoms with Gasteiger partial charge in [-0.2, -0.15) is 5.10 Å². The van der Waals surface area contributed by atoms with E-state index in [1.165, 1.54) is 17.3 Å². The second-order valence-electron chi connectivity index (χ2n) is 6.24. The standard InChI is InChI=1S/C19H23N3OS/c1-19(2,3)23-17-11-9-15(10-12-17)13-21-22-18(20)24-14-16-7-5-4-6-8-16/h4-13H,14H2,1-3H3,(H2,20,22). The Bertz CT molecular complexity index is 689. The average molecular weight is 341 g/mol. The van der Waals surface area contributed by atoms with Crippen LogP contribution in [0.1, 0.15) is 31.9 Å². The minimum atomic E-state index is -0.204. The third kappa shape index (κ3) is 6.87. The second-order valence-corrected chi connectivity index (χ2v) is 7.24. The normalized spacial score (nSPS) is 12.5. The fraction of sp³-hybridized carbons (Fsp3) is 0.263. The Balaban J connectivity index is 1.86. The van der Waals surface area contributed by atoms with E-state index in [0.717, 1.165) is 17.1 Å². The molecule has 0 spiro atoms. The lowest BCUT2D eigenvalue weighted by atomic mass is 10.2. The SMILES string of the molecule is CC(C)(C)Oc1ccc(C=NN=C(N)SCc2ccccc2)cc1. The molecule has 2 N–H and O–H groups in total. The molecule has 2 rings (SSSR count). The summed E-state index contributed by atoms with van der Waals surface area (Å²) in [6, 6.07) is 17.8. The predicted octanol–water partition coefficient (Wildman–Crippen LogP) is 4.45. The van der Waals surface area contributed by atoms with Gasteiger partial charge in [-0.3, -0.25) is 0 Å². The molecule has 5 heteroatoms. The van der Waals surface area contributed by atoms with E-state index in [1.54, 1.807) is 6.21 Å². The van der Waals surface area contributed by atoms with Crippen molar-refractivity contribution in [1.29, 1.82) is 0 Å². The number of hydrogen-bond donors (Lipinski definition) is 1. The molecule has 0 radical (unpaired) electrons. The van der Waals surface area contributed by atoms with Crippen LogP contribution in [0, 0.1) is 0 Å². The zero-order valence-corrected chi connectivity index (χ0v) is 15.1. The Morgan fingerprint density at radius 2 is 1.75 bits per heavy atom. The quantitative estimate of drug-likeness (QED) is 0.497. The van der Waals surface area contributed by atoms with Gasteiger partial charge in [-0.25, -0.2) is 0 Å². The largest absolute Gasteiger partial charge is 0.488 e. The smallest absolute Gasteiger partial charge is 0.180 e. The Morgan fingerprint density at radius 1 is 1.08 bits per heavy atom. The molecule has 2 aromatic rings. The highest BCUT2D eigenvalue weighted by Gasteiger charge is 2.10. The molecule has 0 amide bonds. The summed E-state index contributed by atoms with van der Waals surface area (Å²) in [7, 11) is 0. The van der Waals surface area contributed by atoms with E-state index in [2.05, 4.69) is 22.3 Å². The first kappa shape index (κ1) is 18.1. The number of rotatable bonds is 5. The van der Waals surface area contributed by atoms with Crippen LogP contribution in [0.3, 0.4) is 0 Å². The van der Waals surface area contributed by atoms with Crippen molar-refractivity contribution >= 4 is 23.1 Å². The summed E-state index contributed by atoms with van der Waals surface area (Å²) in [5, 5.41) is 8.49. The molecule has 0 aliphatic rings. The molecule has 0 saturated carbocycles. The summed E-state index contributed by atoms with van der Waals surface area (Å²) in [4.78, 5) is 0. The molecular formula is C19H23N3OS. The van der Waals surface area contributed by atoms with Crippen LogP contribution in [0.15, 0.2) is 64.8 Å². The van der Waals surface area contributed by atoms with Crippen molar-refractivity contribution in [2.75, 3.05) is 0 Å². The van der Waals surface area contributed by atoms with Crippen molar-refractivity contribution in [2.24, 2.45) is 15.9 Å². The maximum atomic E-state index is 5.86. The number of benzene rings is 2. The number of ether oxygens (including phenoxy) is 1. The zero-order chi connectivity index (χ0) is 17.4. The van der Waals surface area contributed by atoms with Gasteiger partial charge in [0.2, 0.25) is 0 Å². The number of nitrogens with zero attached hydrogens (tertiary/aromatic N) is 2. The van der Waals surface area contributed by atoms with E-state index < -0.39 is 0 Å². The highest BCUT2D eigenvalue weighted by molar-refractivity contribution is 8.13. The summed E-state index contributed by atoms with van der Waals surface area (Å²) in [5.74, 6) is 1.62. The highest BCUT2D eigenvalue weighted by atomic mass is 32.2. The van der Waals surface area contributed by atoms with Crippen molar-refractivity contribution in [2.45, 2.75) is 32.1 Å². The van der Waals surface area contributed by atoms with E-state index in [1.807, 2.05) is 63.2 Å². The van der Waals surface area contributed by atoms with Crippen molar-refractivity contribution in [3.05, 3.63) is 65.7 Å². The highest BCUT2D eigenvalue weighted by Crippen LogP contribution is 2.18. The van der Waals surface area contributed by atoms with E-state index in [-0.39, 0.29) is 5.60 Å². The predicted molar refractivity (Wildman–Crippen MR) is 104 cm³/mol. The molecule has 0 fully saturated rings. The fourth-order valence-electron chi connectivity index (χ4n) is 1.89. The minimum absolute atomic E-state index is 0.204. The number of hydrogen-bond acceptors (Lipinski definition) is 4. The molecule has 0 bridgehead atoms. The van der Waals surface area contributed by atoms with Crippen LogP contribution >= 0.6 is 11.8 Å². The summed E-state index contributed by atoms with van der Waals surface area (Å²) < 4.78 is 5.78. The lowest BCUT2D eigenvalue weighted by molar-refractivity contribution is 0.131. The van der Waals surface area contributed by atoms with Crippen LogP contribution in [0.4, 0.5) is 0 Å². The van der Waals surface area contributed by atoms with Gasteiger partial charge in [0.25, 0.3) is 0 Å². The van der Waals surface area contributed by atoms with Gasteiger partial charge in [0.15, 0.2) is 5.17 Å². The van der Waals surface area contributed by atoms with Crippen LogP contribution in [-0.2, 0) is 5.75 Å². The van der Waals surface area contributed by atoms with Crippen molar-refractivity contribution in [3.63, 3.8) is 0 Å². The molecule has 126 valence electrons. The molecule has 0 atom stereocenters. The van der Waals surface area contributed by atoms with Crippen LogP contribution in [0.2, 0.25) is 0 Å². The van der Waals surface area contributed by atoms with E-state index >= 15 is 0 Å². The first-order valence-electron chi connectivity index (χ1n) is 7.75. The molecule has 2 aromatic carbocycles. The molecule has 0 aliphatic heterocycles. The summed E-state index contributed by atoms with van der Waals surface area (Å²) >= 11 is 1.47. The molecule has 0 heterocycles. The average Bonchev–Trinajstić information content (AvgIpc) is 2.54. The fourth-order valence-corrected chi connectivity index (χ4v) is 2.50. The Morgan fingerprint density at radius 3 is 2.38 bits per heavy atom. The van der Waals surface area contributed by atoms with E-state index in [4.69, 9.17) is 10.5 Å². The first-order valence-corrected chi connectivity index (χ1v) is 8.73. The molecule has 0 aliphatic carbocycles. The van der Waals surface area contributed by atoms with Gasteiger partial charge in [-0.1, -0.05) is 42.1 Å². The molecular weight excluding hydrogens is 318 g/mol. The topological polar surface area (TPSA) is 60.0 Å². The zero-order valence-electron chi connectivity index (χ0n) is 14.3. The minimum Gasteiger partial charge on any atom is -0.488 e. The van der Waals surface area contributed by atoms with Crippen molar-refractivity contribution in [1.82, 2.24) is 0 Å². The lowest BCUT2D eigenvalue weighted by Crippen LogP contribution is -2.22. The van der Waals surface area contributed by atoms with Gasteiger partial charge < -0.3 is 10.5 Å². The van der Waals surface area contributed by atoms with Gasteiger partial charge >= 0.3 is 0 Å². The lowest BCUT2D eigenvalue weighted by Gasteiger charge is -2.21. The molecule has 24 heavy (non-hydrogen) atoms. The summed E-state index contributed by atoms with van der Waals surface area (Å²) in [6.45, 7) is 6.06. The van der Waals surface area contributed by atoms with Crippen LogP contribution < -0.4 is 10.5 Å². The molecule has 0 unspecified atom stereocenters. The maximum Gasteiger partial charge on any atom is 0.180 e. The third-order valence-corrected chi connectivity index (χ3v) is 3.75. The van der Waals surface area contributed by atoms with E-state index in [9.17, 15) is 0 Å². The number of thioether (sulfide) groups is 1. The third-order valence-electron chi connectivity index (χ3n) is 2.90. The summed E-state index contributed by atoms with van der Waals surface area (Å²) in [6.07, 6.45) is 1.68. The van der Waals surface area contributed by atoms with Gasteiger partial charge in [-0.05, 0) is 56.2 Å². The van der Waals surface area contributed by atoms with Gasteiger partial charge in [0, 0.05) is 5.75 Å². The van der Waals surface area contributed by atoms with E-state index in [0.29, 0.717) is 5.17 Å². The number of nitrogens with two attached hydrogens (primary N) is 1. The van der Waals surface area contributed by atoms with Gasteiger partial charge in [0.05, 0.1) is 6.21 Å². The summed E-state index contributed by atoms with van der Waals surface area (Å²) in [5.41, 5.74) is 7.81. The number of amidine groups is 1. The van der Waals surface area contributed by atoms with Gasteiger partial charge in [-0.15, -0.1) is 5.10 Å². The van der Waals surface area contributed by atoms with Crippen LogP contribution in [0.5, 0.6) is 5.75 Å². The van der Waals surface area contributed by atoms with Crippen LogP contribution in [-0.4, -0.2) is 17.0 Å². The Kier molecular flexibility index (Phi) is 6.44. The second kappa shape index (κ2) is 8.55. The van der Waals surface area contributed by atoms with Crippen molar-refractivity contribution < 1.29 is 4.74 Å². The Hall–Kier alpha value is -2.27. The molecule has 0 aromatic heterocycles. The Labute approximate surface area is 147 Å². The van der Waals surface area contributed by atoms with Crippen LogP contribution in [0.25, 0.3) is 0 Å². The van der Waals surface area contributed by atoms with Crippen molar-refractivity contribution in [3.8, 4) is 5.75 Å². The molecule has 4 nitrogen and oxygen atoms in total. The van der Waals surface area contributed by atoms with Gasteiger partial charge in [0.1, 0.15) is 11.4 Å².